The predicted molar refractivity (Wildman–Crippen MR) is 124 cm³/mol. The fraction of sp³-hybridized carbons (Fsp3) is 0.286. The molecule has 0 bridgehead atoms. The lowest BCUT2D eigenvalue weighted by molar-refractivity contribution is 0.193. The Balaban J connectivity index is 2.05. The number of nitrogens with one attached hydrogen (secondary N) is 1. The average Bonchev–Trinajstić information content (AvgIpc) is 3.08. The fourth-order valence-electron chi connectivity index (χ4n) is 3.29. The predicted octanol–water partition coefficient (Wildman–Crippen LogP) is 3.23. The third-order valence-corrected chi connectivity index (χ3v) is 5.69. The summed E-state index contributed by atoms with van der Waals surface area (Å²) in [6.07, 6.45) is 2.53. The minimum absolute atomic E-state index is 0.289. The summed E-state index contributed by atoms with van der Waals surface area (Å²) in [6.45, 7) is 2.04. The number of anilines is 1. The zero-order valence-corrected chi connectivity index (χ0v) is 19.6. The molecular formula is C21H25N4O5S2-. The highest BCUT2D eigenvalue weighted by Gasteiger charge is 2.16. The van der Waals surface area contributed by atoms with Crippen molar-refractivity contribution in [3.63, 3.8) is 0 Å². The van der Waals surface area contributed by atoms with Crippen LogP contribution >= 0.6 is 0 Å². The van der Waals surface area contributed by atoms with Crippen LogP contribution in [0.25, 0.3) is 11.3 Å². The molecule has 11 heteroatoms. The maximum absolute atomic E-state index is 11.7. The summed E-state index contributed by atoms with van der Waals surface area (Å²) in [5, 5.41) is 10.0. The van der Waals surface area contributed by atoms with Crippen molar-refractivity contribution in [2.75, 3.05) is 18.1 Å². The number of aliphatic hydroxyl groups is 1. The first-order chi connectivity index (χ1) is 15.1. The minimum atomic E-state index is -3.52. The van der Waals surface area contributed by atoms with E-state index < -0.39 is 27.0 Å². The van der Waals surface area contributed by atoms with Crippen LogP contribution in [-0.2, 0) is 42.3 Å². The normalized spacial score (nSPS) is 13.8. The molecule has 0 aliphatic heterocycles. The summed E-state index contributed by atoms with van der Waals surface area (Å²) in [7, 11) is -4.16. The summed E-state index contributed by atoms with van der Waals surface area (Å²) < 4.78 is 48.1. The van der Waals surface area contributed by atoms with Gasteiger partial charge in [0.2, 0.25) is 10.0 Å². The zero-order chi connectivity index (χ0) is 23.3. The van der Waals surface area contributed by atoms with Crippen LogP contribution in [-0.4, -0.2) is 42.5 Å². The largest absolute Gasteiger partial charge is 0.441 e. The maximum atomic E-state index is 11.7. The quantitative estimate of drug-likeness (QED) is 0.456. The van der Waals surface area contributed by atoms with E-state index in [1.54, 1.807) is 25.4 Å². The lowest BCUT2D eigenvalue weighted by atomic mass is 10.1. The van der Waals surface area contributed by atoms with Gasteiger partial charge in [-0.3, -0.25) is 4.72 Å². The van der Waals surface area contributed by atoms with E-state index in [-0.39, 0.29) is 5.69 Å². The molecule has 2 aromatic carbocycles. The molecule has 0 saturated carbocycles. The van der Waals surface area contributed by atoms with Crippen LogP contribution in [0, 0.1) is 0 Å². The molecule has 0 spiro atoms. The van der Waals surface area contributed by atoms with Gasteiger partial charge < -0.3 is 22.4 Å². The first kappa shape index (κ1) is 23.9. The van der Waals surface area contributed by atoms with Gasteiger partial charge in [-0.05, 0) is 30.7 Å². The Labute approximate surface area is 189 Å². The standard InChI is InChI=1S/C21H25N4O5S2/c1-15(26)9-20-21(17-7-5-4-6-8-17)22-14-25(20)13-16-10-18(23-31(27)30-2)12-19(11-16)24-32(3,28)29/h4-8,10-12,14-15,24,26H,9,13H2,1-3H3/q-1. The van der Waals surface area contributed by atoms with Crippen molar-refractivity contribution >= 4 is 32.3 Å². The molecule has 1 unspecified atom stereocenters. The van der Waals surface area contributed by atoms with Gasteiger partial charge in [-0.25, -0.2) is 13.4 Å². The van der Waals surface area contributed by atoms with Gasteiger partial charge in [0.25, 0.3) is 0 Å². The average molecular weight is 478 g/mol. The lowest BCUT2D eigenvalue weighted by Crippen LogP contribution is -2.12. The molecule has 1 atom stereocenters. The second kappa shape index (κ2) is 10.3. The monoisotopic (exact) mass is 477 g/mol. The van der Waals surface area contributed by atoms with Crippen LogP contribution in [0.15, 0.2) is 59.2 Å². The highest BCUT2D eigenvalue weighted by Crippen LogP contribution is 2.27. The molecule has 9 nitrogen and oxygen atoms in total. The number of imidazole rings is 1. The Morgan fingerprint density at radius 2 is 1.97 bits per heavy atom. The third kappa shape index (κ3) is 6.63. The van der Waals surface area contributed by atoms with E-state index in [1.807, 2.05) is 34.9 Å². The van der Waals surface area contributed by atoms with Gasteiger partial charge in [-0.15, -0.1) is 0 Å². The van der Waals surface area contributed by atoms with Crippen LogP contribution in [0.5, 0.6) is 0 Å². The van der Waals surface area contributed by atoms with Crippen LogP contribution in [0.1, 0.15) is 18.2 Å². The molecule has 0 aliphatic carbocycles. The smallest absolute Gasteiger partial charge is 0.229 e. The number of nitrogens with zero attached hydrogens (tertiary/aromatic N) is 3. The van der Waals surface area contributed by atoms with Crippen molar-refractivity contribution in [2.24, 2.45) is 4.36 Å². The maximum Gasteiger partial charge on any atom is 0.229 e. The molecule has 1 heterocycles. The van der Waals surface area contributed by atoms with Crippen molar-refractivity contribution in [1.29, 1.82) is 0 Å². The molecule has 32 heavy (non-hydrogen) atoms. The second-order valence-electron chi connectivity index (χ2n) is 7.32. The Hall–Kier alpha value is -2.73. The summed E-state index contributed by atoms with van der Waals surface area (Å²) in [6, 6.07) is 14.5. The highest BCUT2D eigenvalue weighted by molar-refractivity contribution is 7.92. The molecule has 2 N–H and O–H groups in total. The van der Waals surface area contributed by atoms with Gasteiger partial charge in [0.1, 0.15) is 0 Å². The van der Waals surface area contributed by atoms with Gasteiger partial charge in [0, 0.05) is 37.0 Å². The van der Waals surface area contributed by atoms with Crippen molar-refractivity contribution in [3.05, 3.63) is 66.1 Å². The summed E-state index contributed by atoms with van der Waals surface area (Å²) in [5.74, 6) is 0. The summed E-state index contributed by atoms with van der Waals surface area (Å²) in [4.78, 5) is 4.55. The van der Waals surface area contributed by atoms with Gasteiger partial charge >= 0.3 is 0 Å². The van der Waals surface area contributed by atoms with Gasteiger partial charge in [-0.1, -0.05) is 41.2 Å². The molecule has 172 valence electrons. The second-order valence-corrected chi connectivity index (χ2v) is 10.0. The van der Waals surface area contributed by atoms with Crippen LogP contribution in [0.2, 0.25) is 0 Å². The van der Waals surface area contributed by atoms with Crippen molar-refractivity contribution < 1.29 is 21.9 Å². The van der Waals surface area contributed by atoms with Crippen LogP contribution in [0.3, 0.4) is 0 Å². The molecule has 1 aromatic heterocycles. The highest BCUT2D eigenvalue weighted by atomic mass is 32.2. The molecule has 0 fully saturated rings. The number of rotatable bonds is 9. The molecule has 0 saturated heterocycles. The van der Waals surface area contributed by atoms with E-state index in [0.717, 1.165) is 23.2 Å². The Morgan fingerprint density at radius 3 is 2.59 bits per heavy atom. The lowest BCUT2D eigenvalue weighted by Gasteiger charge is -2.14. The topological polar surface area (TPSA) is 123 Å². The van der Waals surface area contributed by atoms with Crippen molar-refractivity contribution in [1.82, 2.24) is 9.55 Å². The first-order valence-corrected chi connectivity index (χ1v) is 12.6. The van der Waals surface area contributed by atoms with E-state index in [2.05, 4.69) is 14.1 Å². The van der Waals surface area contributed by atoms with E-state index in [9.17, 15) is 17.7 Å². The number of benzene rings is 2. The number of aliphatic hydroxyl groups excluding tert-OH is 1. The number of aromatic nitrogens is 2. The van der Waals surface area contributed by atoms with Gasteiger partial charge in [0.15, 0.2) is 0 Å². The molecule has 3 rings (SSSR count). The molecule has 0 amide bonds. The van der Waals surface area contributed by atoms with Crippen LogP contribution < -0.4 is 4.72 Å². The first-order valence-electron chi connectivity index (χ1n) is 9.72. The Morgan fingerprint density at radius 1 is 1.25 bits per heavy atom. The molecule has 0 aliphatic rings. The third-order valence-electron chi connectivity index (χ3n) is 4.44. The number of hydrogen-bond donors (Lipinski definition) is 2. The fourth-order valence-corrected chi connectivity index (χ4v) is 4.18. The Kier molecular flexibility index (Phi) is 7.67. The molecular weight excluding hydrogens is 452 g/mol. The number of hydrogen-bond acceptors (Lipinski definition) is 8. The van der Waals surface area contributed by atoms with E-state index in [4.69, 9.17) is 4.18 Å². The van der Waals surface area contributed by atoms with E-state index in [0.29, 0.717) is 24.2 Å². The Bertz CT molecular complexity index is 1260. The molecule has 0 radical (unpaired) electrons. The van der Waals surface area contributed by atoms with Crippen LogP contribution in [0.4, 0.5) is 11.4 Å². The molecule has 3 aromatic rings. The van der Waals surface area contributed by atoms with Crippen molar-refractivity contribution in [3.8, 4) is 11.3 Å². The zero-order valence-electron chi connectivity index (χ0n) is 17.9. The van der Waals surface area contributed by atoms with E-state index >= 15 is 0 Å². The van der Waals surface area contributed by atoms with Gasteiger partial charge in [-0.2, -0.15) is 0 Å². The van der Waals surface area contributed by atoms with Gasteiger partial charge in [0.05, 0.1) is 30.1 Å². The van der Waals surface area contributed by atoms with E-state index in [1.165, 1.54) is 13.2 Å². The summed E-state index contributed by atoms with van der Waals surface area (Å²) >= 11 is 0. The number of sulfonamides is 1. The summed E-state index contributed by atoms with van der Waals surface area (Å²) in [5.41, 5.74) is 3.83. The van der Waals surface area contributed by atoms with Crippen molar-refractivity contribution in [2.45, 2.75) is 26.0 Å². The minimum Gasteiger partial charge on any atom is -0.441 e. The SMILES string of the molecule is CO[S-](=O)=Nc1cc(Cn2cnc(-c3ccccc3)c2CC(C)O)cc(NS(C)(=O)=O)c1.